The molecule has 100 valence electrons. The number of aromatic nitrogens is 1. The molecule has 0 atom stereocenters. The average molecular weight is 261 g/mol. The van der Waals surface area contributed by atoms with Crippen LogP contribution in [0.15, 0.2) is 34.9 Å². The van der Waals surface area contributed by atoms with Gasteiger partial charge in [0.15, 0.2) is 0 Å². The number of methoxy groups -OCH3 is 1. The zero-order chi connectivity index (χ0) is 13.7. The molecule has 5 nitrogen and oxygen atoms in total. The Morgan fingerprint density at radius 3 is 2.89 bits per heavy atom. The van der Waals surface area contributed by atoms with Gasteiger partial charge in [0.25, 0.3) is 0 Å². The fraction of sp³-hybridized carbons (Fsp3) is 0.286. The molecule has 0 aliphatic carbocycles. The molecule has 0 aliphatic heterocycles. The number of hydrogen-bond acceptors (Lipinski definition) is 5. The number of hydrogen-bond donors (Lipinski definition) is 0. The fourth-order valence-corrected chi connectivity index (χ4v) is 1.67. The number of aryl methyl sites for hydroxylation is 1. The van der Waals surface area contributed by atoms with Crippen molar-refractivity contribution >= 4 is 5.97 Å². The zero-order valence-electron chi connectivity index (χ0n) is 10.9. The zero-order valence-corrected chi connectivity index (χ0v) is 10.9. The lowest BCUT2D eigenvalue weighted by molar-refractivity contribution is 0.0563. The maximum Gasteiger partial charge on any atom is 0.373 e. The predicted octanol–water partition coefficient (Wildman–Crippen LogP) is 2.60. The summed E-state index contributed by atoms with van der Waals surface area (Å²) in [4.78, 5) is 15.5. The first-order valence-corrected chi connectivity index (χ1v) is 5.98. The van der Waals surface area contributed by atoms with Crippen molar-refractivity contribution < 1.29 is 18.7 Å². The lowest BCUT2D eigenvalue weighted by Crippen LogP contribution is -1.99. The molecular formula is C14H15NO4. The number of rotatable bonds is 5. The lowest BCUT2D eigenvalue weighted by Gasteiger charge is -2.03. The van der Waals surface area contributed by atoms with E-state index in [0.717, 1.165) is 11.3 Å². The van der Waals surface area contributed by atoms with Gasteiger partial charge in [0.1, 0.15) is 12.4 Å². The smallest absolute Gasteiger partial charge is 0.373 e. The second-order valence-electron chi connectivity index (χ2n) is 3.86. The number of carbonyl (C=O) groups is 1. The molecule has 0 aliphatic rings. The summed E-state index contributed by atoms with van der Waals surface area (Å²) >= 11 is 0. The van der Waals surface area contributed by atoms with E-state index in [1.807, 2.05) is 19.1 Å². The van der Waals surface area contributed by atoms with Gasteiger partial charge < -0.3 is 13.9 Å². The molecular weight excluding hydrogens is 246 g/mol. The summed E-state index contributed by atoms with van der Waals surface area (Å²) in [6.07, 6.45) is 2.34. The molecule has 0 spiro atoms. The molecule has 0 amide bonds. The summed E-state index contributed by atoms with van der Waals surface area (Å²) in [6.45, 7) is 2.25. The third-order valence-corrected chi connectivity index (χ3v) is 2.62. The Morgan fingerprint density at radius 1 is 1.42 bits per heavy atom. The number of carbonyl (C=O) groups excluding carboxylic acids is 1. The number of pyridine rings is 1. The second-order valence-corrected chi connectivity index (χ2v) is 3.86. The van der Waals surface area contributed by atoms with Crippen LogP contribution in [0.1, 0.15) is 28.8 Å². The molecule has 0 radical (unpaired) electrons. The fourth-order valence-electron chi connectivity index (χ4n) is 1.67. The molecule has 2 aromatic rings. The van der Waals surface area contributed by atoms with E-state index in [9.17, 15) is 4.79 Å². The largest absolute Gasteiger partial charge is 0.473 e. The minimum atomic E-state index is -0.487. The minimum Gasteiger partial charge on any atom is -0.473 e. The Hall–Kier alpha value is -2.30. The van der Waals surface area contributed by atoms with E-state index in [2.05, 4.69) is 9.72 Å². The third kappa shape index (κ3) is 3.13. The highest BCUT2D eigenvalue weighted by Gasteiger charge is 2.16. The Morgan fingerprint density at radius 2 is 2.26 bits per heavy atom. The Balaban J connectivity index is 2.11. The average Bonchev–Trinajstić information content (AvgIpc) is 2.88. The molecule has 0 bridgehead atoms. The maximum absolute atomic E-state index is 11.4. The van der Waals surface area contributed by atoms with Crippen LogP contribution in [0.4, 0.5) is 0 Å². The van der Waals surface area contributed by atoms with Crippen molar-refractivity contribution in [1.29, 1.82) is 0 Å². The summed E-state index contributed by atoms with van der Waals surface area (Å²) in [7, 11) is 1.32. The molecule has 0 aromatic carbocycles. The van der Waals surface area contributed by atoms with Crippen LogP contribution in [0.3, 0.4) is 0 Å². The Labute approximate surface area is 111 Å². The number of ether oxygens (including phenoxy) is 2. The van der Waals surface area contributed by atoms with Crippen molar-refractivity contribution in [2.45, 2.75) is 20.0 Å². The van der Waals surface area contributed by atoms with Crippen LogP contribution in [0.25, 0.3) is 0 Å². The highest BCUT2D eigenvalue weighted by Crippen LogP contribution is 2.19. The summed E-state index contributed by atoms with van der Waals surface area (Å²) in [5.41, 5.74) is 0.827. The first-order chi connectivity index (χ1) is 9.24. The van der Waals surface area contributed by atoms with Gasteiger partial charge in [-0.2, -0.15) is 0 Å². The SMILES string of the molecule is CCc1oc(C(=O)OC)cc1COc1ccccn1. The van der Waals surface area contributed by atoms with Crippen LogP contribution in [0.2, 0.25) is 0 Å². The highest BCUT2D eigenvalue weighted by molar-refractivity contribution is 5.86. The molecule has 0 fully saturated rings. The third-order valence-electron chi connectivity index (χ3n) is 2.62. The van der Waals surface area contributed by atoms with E-state index in [0.29, 0.717) is 18.9 Å². The Kier molecular flexibility index (Phi) is 4.18. The van der Waals surface area contributed by atoms with Crippen molar-refractivity contribution in [3.8, 4) is 5.88 Å². The van der Waals surface area contributed by atoms with E-state index in [1.54, 1.807) is 18.3 Å². The van der Waals surface area contributed by atoms with Gasteiger partial charge in [0.2, 0.25) is 11.6 Å². The number of nitrogens with zero attached hydrogens (tertiary/aromatic N) is 1. The standard InChI is InChI=1S/C14H15NO4/c1-3-11-10(8-12(19-11)14(16)17-2)9-18-13-6-4-5-7-15-13/h4-8H,3,9H2,1-2H3. The quantitative estimate of drug-likeness (QED) is 0.774. The second kappa shape index (κ2) is 6.04. The van der Waals surface area contributed by atoms with Crippen LogP contribution in [-0.4, -0.2) is 18.1 Å². The maximum atomic E-state index is 11.4. The molecule has 2 heterocycles. The van der Waals surface area contributed by atoms with Crippen LogP contribution in [0, 0.1) is 0 Å². The lowest BCUT2D eigenvalue weighted by atomic mass is 10.2. The Bertz CT molecular complexity index is 548. The van der Waals surface area contributed by atoms with Crippen molar-refractivity contribution in [1.82, 2.24) is 4.98 Å². The van der Waals surface area contributed by atoms with Gasteiger partial charge in [0, 0.05) is 24.2 Å². The minimum absolute atomic E-state index is 0.193. The topological polar surface area (TPSA) is 61.6 Å². The van der Waals surface area contributed by atoms with E-state index in [1.165, 1.54) is 7.11 Å². The van der Waals surface area contributed by atoms with Crippen LogP contribution >= 0.6 is 0 Å². The number of furan rings is 1. The normalized spacial score (nSPS) is 10.2. The van der Waals surface area contributed by atoms with E-state index in [4.69, 9.17) is 9.15 Å². The van der Waals surface area contributed by atoms with Gasteiger partial charge >= 0.3 is 5.97 Å². The first kappa shape index (κ1) is 13.1. The molecule has 2 rings (SSSR count). The van der Waals surface area contributed by atoms with Gasteiger partial charge in [-0.15, -0.1) is 0 Å². The van der Waals surface area contributed by atoms with Crippen LogP contribution in [-0.2, 0) is 17.8 Å². The van der Waals surface area contributed by atoms with Gasteiger partial charge in [0.05, 0.1) is 7.11 Å². The van der Waals surface area contributed by atoms with E-state index >= 15 is 0 Å². The van der Waals surface area contributed by atoms with Gasteiger partial charge in [-0.1, -0.05) is 13.0 Å². The summed E-state index contributed by atoms with van der Waals surface area (Å²) in [6, 6.07) is 7.08. The molecule has 5 heteroatoms. The molecule has 0 saturated carbocycles. The van der Waals surface area contributed by atoms with E-state index < -0.39 is 5.97 Å². The molecule has 2 aromatic heterocycles. The highest BCUT2D eigenvalue weighted by atomic mass is 16.5. The van der Waals surface area contributed by atoms with Crippen molar-refractivity contribution in [3.05, 3.63) is 47.5 Å². The van der Waals surface area contributed by atoms with Gasteiger partial charge in [-0.3, -0.25) is 0 Å². The van der Waals surface area contributed by atoms with Crippen LogP contribution < -0.4 is 4.74 Å². The summed E-state index contributed by atoms with van der Waals surface area (Å²) in [5.74, 6) is 0.958. The monoisotopic (exact) mass is 261 g/mol. The summed E-state index contributed by atoms with van der Waals surface area (Å²) < 4.78 is 15.6. The van der Waals surface area contributed by atoms with E-state index in [-0.39, 0.29) is 5.76 Å². The first-order valence-electron chi connectivity index (χ1n) is 5.98. The van der Waals surface area contributed by atoms with Gasteiger partial charge in [-0.05, 0) is 12.1 Å². The van der Waals surface area contributed by atoms with Gasteiger partial charge in [-0.25, -0.2) is 9.78 Å². The van der Waals surface area contributed by atoms with Crippen molar-refractivity contribution in [2.75, 3.05) is 7.11 Å². The molecule has 0 saturated heterocycles. The van der Waals surface area contributed by atoms with Crippen LogP contribution in [0.5, 0.6) is 5.88 Å². The number of esters is 1. The summed E-state index contributed by atoms with van der Waals surface area (Å²) in [5, 5.41) is 0. The predicted molar refractivity (Wildman–Crippen MR) is 68.0 cm³/mol. The molecule has 19 heavy (non-hydrogen) atoms. The van der Waals surface area contributed by atoms with Crippen molar-refractivity contribution in [3.63, 3.8) is 0 Å². The van der Waals surface area contributed by atoms with Crippen molar-refractivity contribution in [2.24, 2.45) is 0 Å². The molecule has 0 unspecified atom stereocenters. The molecule has 0 N–H and O–H groups in total.